The quantitative estimate of drug-likeness (QED) is 0.136. The zero-order valence-electron chi connectivity index (χ0n) is 20.2. The van der Waals surface area contributed by atoms with Gasteiger partial charge in [0.25, 0.3) is 0 Å². The molecule has 0 bridgehead atoms. The number of allylic oxidation sites excluding steroid dienone is 3. The number of hydrogen-bond acceptors (Lipinski definition) is 8. The lowest BCUT2D eigenvalue weighted by Gasteiger charge is -2.28. The minimum Gasteiger partial charge on any atom is -0.469 e. The highest BCUT2D eigenvalue weighted by molar-refractivity contribution is 6.14. The van der Waals surface area contributed by atoms with Gasteiger partial charge in [-0.3, -0.25) is 19.2 Å². The van der Waals surface area contributed by atoms with E-state index >= 15 is 0 Å². The number of Topliss-reactive ketones (excluding diaryl/α,β-unsaturated/α-hetero) is 1. The monoisotopic (exact) mass is 466 g/mol. The Labute approximate surface area is 196 Å². The maximum Gasteiger partial charge on any atom is 0.320 e. The Balaban J connectivity index is 3.11. The van der Waals surface area contributed by atoms with E-state index in [1.165, 1.54) is 21.3 Å². The summed E-state index contributed by atoms with van der Waals surface area (Å²) in [6.07, 6.45) is 11.1. The lowest BCUT2D eigenvalue weighted by Crippen LogP contribution is -2.43. The van der Waals surface area contributed by atoms with E-state index in [1.807, 2.05) is 0 Å². The van der Waals surface area contributed by atoms with Crippen LogP contribution in [0.15, 0.2) is 24.3 Å². The number of unbranched alkanes of at least 4 members (excludes halogenated alkanes) is 3. The number of aliphatic hydroxyl groups excluding tert-OH is 1. The third-order valence-electron chi connectivity index (χ3n) is 6.17. The molecule has 0 aromatic rings. The second-order valence-electron chi connectivity index (χ2n) is 8.34. The molecule has 4 atom stereocenters. The molecule has 1 rings (SSSR count). The van der Waals surface area contributed by atoms with Gasteiger partial charge in [-0.2, -0.15) is 0 Å². The third-order valence-corrected chi connectivity index (χ3v) is 6.17. The van der Waals surface area contributed by atoms with Gasteiger partial charge in [0.2, 0.25) is 0 Å². The molecule has 0 aromatic heterocycles. The van der Waals surface area contributed by atoms with Crippen molar-refractivity contribution in [2.75, 3.05) is 21.3 Å². The molecule has 0 saturated heterocycles. The van der Waals surface area contributed by atoms with Gasteiger partial charge in [0.15, 0.2) is 5.78 Å². The molecule has 0 heterocycles. The van der Waals surface area contributed by atoms with Crippen molar-refractivity contribution in [1.29, 1.82) is 0 Å². The topological polar surface area (TPSA) is 116 Å². The predicted molar refractivity (Wildman–Crippen MR) is 122 cm³/mol. The first-order chi connectivity index (χ1) is 15.8. The van der Waals surface area contributed by atoms with Crippen LogP contribution in [0, 0.1) is 17.3 Å². The van der Waals surface area contributed by atoms with Crippen LogP contribution in [0.2, 0.25) is 0 Å². The molecule has 1 fully saturated rings. The van der Waals surface area contributed by atoms with E-state index in [4.69, 9.17) is 9.47 Å². The van der Waals surface area contributed by atoms with Crippen LogP contribution < -0.4 is 0 Å². The van der Waals surface area contributed by atoms with Crippen molar-refractivity contribution in [2.24, 2.45) is 17.3 Å². The number of methoxy groups -OCH3 is 3. The fraction of sp³-hybridized carbons (Fsp3) is 0.680. The Hall–Kier alpha value is -2.48. The Bertz CT molecular complexity index is 726. The Morgan fingerprint density at radius 1 is 1.09 bits per heavy atom. The summed E-state index contributed by atoms with van der Waals surface area (Å²) in [4.78, 5) is 49.8. The van der Waals surface area contributed by atoms with Crippen LogP contribution in [0.1, 0.15) is 64.7 Å². The molecular formula is C25H38O8. The molecule has 0 amide bonds. The highest BCUT2D eigenvalue weighted by Crippen LogP contribution is 2.48. The van der Waals surface area contributed by atoms with Gasteiger partial charge in [-0.05, 0) is 32.1 Å². The van der Waals surface area contributed by atoms with Crippen molar-refractivity contribution in [3.8, 4) is 0 Å². The van der Waals surface area contributed by atoms with Crippen LogP contribution in [0.4, 0.5) is 0 Å². The Morgan fingerprint density at radius 3 is 2.42 bits per heavy atom. The molecule has 8 heteroatoms. The maximum absolute atomic E-state index is 13.3. The summed E-state index contributed by atoms with van der Waals surface area (Å²) in [6.45, 7) is 2.08. The number of carbonyl (C=O) groups is 4. The minimum absolute atomic E-state index is 0.0468. The molecule has 0 aromatic carbocycles. The molecule has 33 heavy (non-hydrogen) atoms. The molecule has 4 unspecified atom stereocenters. The van der Waals surface area contributed by atoms with Gasteiger partial charge in [0, 0.05) is 12.3 Å². The molecule has 186 valence electrons. The molecular weight excluding hydrogens is 428 g/mol. The van der Waals surface area contributed by atoms with Crippen LogP contribution in [-0.4, -0.2) is 56.2 Å². The second-order valence-corrected chi connectivity index (χ2v) is 8.34. The lowest BCUT2D eigenvalue weighted by atomic mass is 9.73. The smallest absolute Gasteiger partial charge is 0.320 e. The fourth-order valence-electron chi connectivity index (χ4n) is 4.23. The fourth-order valence-corrected chi connectivity index (χ4v) is 4.23. The number of ether oxygens (including phenoxy) is 3. The third kappa shape index (κ3) is 7.81. The van der Waals surface area contributed by atoms with E-state index in [1.54, 1.807) is 24.3 Å². The summed E-state index contributed by atoms with van der Waals surface area (Å²) in [5.41, 5.74) is -1.58. The number of carbonyl (C=O) groups excluding carboxylic acids is 4. The Kier molecular flexibility index (Phi) is 12.7. The predicted octanol–water partition coefficient (Wildman–Crippen LogP) is 3.31. The van der Waals surface area contributed by atoms with Gasteiger partial charge >= 0.3 is 17.9 Å². The van der Waals surface area contributed by atoms with Crippen LogP contribution in [0.3, 0.4) is 0 Å². The van der Waals surface area contributed by atoms with E-state index in [0.717, 1.165) is 19.3 Å². The summed E-state index contributed by atoms with van der Waals surface area (Å²) < 4.78 is 14.4. The molecule has 1 saturated carbocycles. The molecule has 0 radical (unpaired) electrons. The van der Waals surface area contributed by atoms with Crippen LogP contribution in [0.5, 0.6) is 0 Å². The molecule has 1 aliphatic rings. The van der Waals surface area contributed by atoms with Crippen molar-refractivity contribution in [1.82, 2.24) is 0 Å². The number of hydrogen-bond donors (Lipinski definition) is 1. The van der Waals surface area contributed by atoms with Crippen LogP contribution in [0.25, 0.3) is 0 Å². The molecule has 0 aliphatic heterocycles. The SMILES string of the molecule is CCCCCC(O)/C=C/C1CC(C(=O)OC)C(=O)C1(C/C=C/CCCC(=O)OC)C(=O)OC. The molecule has 1 aliphatic carbocycles. The van der Waals surface area contributed by atoms with Gasteiger partial charge in [0.05, 0.1) is 27.4 Å². The summed E-state index contributed by atoms with van der Waals surface area (Å²) >= 11 is 0. The first-order valence-electron chi connectivity index (χ1n) is 11.6. The average Bonchev–Trinajstić information content (AvgIpc) is 3.10. The molecule has 8 nitrogen and oxygen atoms in total. The van der Waals surface area contributed by atoms with Gasteiger partial charge in [-0.25, -0.2) is 0 Å². The van der Waals surface area contributed by atoms with Gasteiger partial charge in [0.1, 0.15) is 11.3 Å². The zero-order valence-corrected chi connectivity index (χ0v) is 20.2. The van der Waals surface area contributed by atoms with Crippen molar-refractivity contribution in [3.05, 3.63) is 24.3 Å². The van der Waals surface area contributed by atoms with Crippen LogP contribution >= 0.6 is 0 Å². The number of esters is 3. The number of aliphatic hydroxyl groups is 1. The van der Waals surface area contributed by atoms with Crippen LogP contribution in [-0.2, 0) is 33.4 Å². The largest absolute Gasteiger partial charge is 0.469 e. The summed E-state index contributed by atoms with van der Waals surface area (Å²) in [6, 6.07) is 0. The highest BCUT2D eigenvalue weighted by Gasteiger charge is 2.61. The van der Waals surface area contributed by atoms with Crippen molar-refractivity contribution < 1.29 is 38.5 Å². The van der Waals surface area contributed by atoms with E-state index in [0.29, 0.717) is 19.3 Å². The first-order valence-corrected chi connectivity index (χ1v) is 11.6. The number of rotatable bonds is 14. The average molecular weight is 467 g/mol. The Morgan fingerprint density at radius 2 is 1.82 bits per heavy atom. The van der Waals surface area contributed by atoms with E-state index in [-0.39, 0.29) is 25.2 Å². The number of ketones is 1. The van der Waals surface area contributed by atoms with Gasteiger partial charge < -0.3 is 19.3 Å². The first kappa shape index (κ1) is 28.6. The summed E-state index contributed by atoms with van der Waals surface area (Å²) in [5.74, 6) is -3.93. The van der Waals surface area contributed by atoms with E-state index < -0.39 is 41.1 Å². The summed E-state index contributed by atoms with van der Waals surface area (Å²) in [7, 11) is 3.75. The summed E-state index contributed by atoms with van der Waals surface area (Å²) in [5, 5.41) is 10.3. The maximum atomic E-state index is 13.3. The molecule has 1 N–H and O–H groups in total. The van der Waals surface area contributed by atoms with Gasteiger partial charge in [-0.1, -0.05) is 50.5 Å². The van der Waals surface area contributed by atoms with Crippen molar-refractivity contribution in [2.45, 2.75) is 70.8 Å². The van der Waals surface area contributed by atoms with Crippen molar-refractivity contribution >= 4 is 23.7 Å². The normalized spacial score (nSPS) is 23.7. The van der Waals surface area contributed by atoms with Crippen molar-refractivity contribution in [3.63, 3.8) is 0 Å². The lowest BCUT2D eigenvalue weighted by molar-refractivity contribution is -0.160. The van der Waals surface area contributed by atoms with Gasteiger partial charge in [-0.15, -0.1) is 0 Å². The van der Waals surface area contributed by atoms with E-state index in [9.17, 15) is 24.3 Å². The minimum atomic E-state index is -1.58. The van der Waals surface area contributed by atoms with E-state index in [2.05, 4.69) is 11.7 Å². The highest BCUT2D eigenvalue weighted by atomic mass is 16.5. The second kappa shape index (κ2) is 14.6. The standard InChI is InChI=1S/C25H38O8/c1-5-6-9-12-19(26)15-14-18-17-20(23(29)32-3)22(28)25(18,24(30)33-4)16-11-8-7-10-13-21(27)31-2/h8,11,14-15,18-20,26H,5-7,9-10,12-13,16-17H2,1-4H3/b11-8+,15-14+. The zero-order chi connectivity index (χ0) is 24.9. The molecule has 0 spiro atoms.